The number of rotatable bonds is 10. The summed E-state index contributed by atoms with van der Waals surface area (Å²) < 4.78 is 7.11. The van der Waals surface area contributed by atoms with Crippen molar-refractivity contribution in [3.63, 3.8) is 0 Å². The Balaban J connectivity index is 1.46. The zero-order valence-corrected chi connectivity index (χ0v) is 28.3. The summed E-state index contributed by atoms with van der Waals surface area (Å²) in [4.78, 5) is 39.8. The minimum absolute atomic E-state index is 0.0285. The molecule has 5 rings (SSSR count). The number of aliphatic hydroxyl groups is 1. The average Bonchev–Trinajstić information content (AvgIpc) is 3.03. The molecule has 46 heavy (non-hydrogen) atoms. The number of likely N-dealkylation sites (tertiary alicyclic amines) is 1. The number of allylic oxidation sites excluding steroid dienone is 1. The van der Waals surface area contributed by atoms with Crippen molar-refractivity contribution >= 4 is 24.5 Å². The SMILES string of the molecule is C=[N+](Cc1c(C(C)C)cc(C)[nH]c1=O)C(=O)c1cc(C2C=NC(CN3CCCC(O)C3)=CC2)cc(N(CC)C2CCOCC2)c1C. The third-order valence-corrected chi connectivity index (χ3v) is 9.80. The Morgan fingerprint density at radius 3 is 2.63 bits per heavy atom. The summed E-state index contributed by atoms with van der Waals surface area (Å²) in [6.07, 6.45) is 8.51. The lowest BCUT2D eigenvalue weighted by atomic mass is 9.89. The number of aliphatic imine (C=N–C) groups is 1. The first-order valence-electron chi connectivity index (χ1n) is 17.0. The molecule has 9 heteroatoms. The van der Waals surface area contributed by atoms with Gasteiger partial charge in [0.25, 0.3) is 5.56 Å². The summed E-state index contributed by atoms with van der Waals surface area (Å²) in [7, 11) is 0. The van der Waals surface area contributed by atoms with Gasteiger partial charge in [-0.2, -0.15) is 4.58 Å². The highest BCUT2D eigenvalue weighted by Crippen LogP contribution is 2.35. The van der Waals surface area contributed by atoms with Gasteiger partial charge in [0.1, 0.15) is 6.72 Å². The van der Waals surface area contributed by atoms with Gasteiger partial charge >= 0.3 is 5.91 Å². The van der Waals surface area contributed by atoms with Gasteiger partial charge in [0.05, 0.1) is 22.9 Å². The van der Waals surface area contributed by atoms with Crippen LogP contribution in [-0.2, 0) is 11.3 Å². The topological polar surface area (TPSA) is 101 Å². The summed E-state index contributed by atoms with van der Waals surface area (Å²) in [5, 5.41) is 10.1. The molecule has 0 aliphatic carbocycles. The molecule has 3 aliphatic rings. The van der Waals surface area contributed by atoms with Gasteiger partial charge in [0.15, 0.2) is 6.54 Å². The Hall–Kier alpha value is -3.40. The van der Waals surface area contributed by atoms with Crippen LogP contribution in [0.2, 0.25) is 0 Å². The van der Waals surface area contributed by atoms with Crippen LogP contribution >= 0.6 is 0 Å². The number of aromatic nitrogens is 1. The number of carbonyl (C=O) groups excluding carboxylic acids is 1. The summed E-state index contributed by atoms with van der Waals surface area (Å²) >= 11 is 0. The van der Waals surface area contributed by atoms with E-state index in [9.17, 15) is 14.7 Å². The normalized spacial score (nSPS) is 21.0. The van der Waals surface area contributed by atoms with Gasteiger partial charge in [0, 0.05) is 62.4 Å². The fourth-order valence-corrected chi connectivity index (χ4v) is 7.22. The molecule has 1 aromatic heterocycles. The van der Waals surface area contributed by atoms with Crippen LogP contribution < -0.4 is 10.5 Å². The number of hydrogen-bond donors (Lipinski definition) is 2. The van der Waals surface area contributed by atoms with Crippen molar-refractivity contribution in [3.05, 3.63) is 73.8 Å². The maximum atomic E-state index is 14.2. The lowest BCUT2D eigenvalue weighted by Crippen LogP contribution is -2.40. The lowest BCUT2D eigenvalue weighted by Gasteiger charge is -2.37. The summed E-state index contributed by atoms with van der Waals surface area (Å²) in [5.74, 6) is -0.0380. The van der Waals surface area contributed by atoms with E-state index in [1.54, 1.807) is 0 Å². The molecule has 2 N–H and O–H groups in total. The lowest BCUT2D eigenvalue weighted by molar-refractivity contribution is -0.436. The fraction of sp³-hybridized carbons (Fsp3) is 0.568. The zero-order chi connectivity index (χ0) is 33.0. The van der Waals surface area contributed by atoms with Crippen LogP contribution in [0.5, 0.6) is 0 Å². The maximum absolute atomic E-state index is 14.2. The predicted octanol–water partition coefficient (Wildman–Crippen LogP) is 5.07. The van der Waals surface area contributed by atoms with Gasteiger partial charge < -0.3 is 19.7 Å². The van der Waals surface area contributed by atoms with E-state index in [0.717, 1.165) is 98.7 Å². The van der Waals surface area contributed by atoms with Crippen LogP contribution in [0.25, 0.3) is 0 Å². The number of aryl methyl sites for hydroxylation is 1. The second-order valence-electron chi connectivity index (χ2n) is 13.6. The highest BCUT2D eigenvalue weighted by molar-refractivity contribution is 5.93. The Morgan fingerprint density at radius 1 is 1.22 bits per heavy atom. The molecule has 3 aliphatic heterocycles. The van der Waals surface area contributed by atoms with E-state index in [4.69, 9.17) is 9.73 Å². The van der Waals surface area contributed by atoms with E-state index >= 15 is 0 Å². The van der Waals surface area contributed by atoms with Crippen molar-refractivity contribution in [2.45, 2.75) is 97.2 Å². The first-order chi connectivity index (χ1) is 22.0. The van der Waals surface area contributed by atoms with Crippen LogP contribution in [0.15, 0.2) is 39.8 Å². The molecular formula is C37H52N5O4+. The Kier molecular flexibility index (Phi) is 11.1. The average molecular weight is 631 g/mol. The number of carbonyl (C=O) groups is 1. The van der Waals surface area contributed by atoms with E-state index in [1.165, 1.54) is 4.58 Å². The molecule has 2 aromatic rings. The quantitative estimate of drug-likeness (QED) is 0.281. The predicted molar refractivity (Wildman–Crippen MR) is 185 cm³/mol. The third kappa shape index (κ3) is 7.76. The van der Waals surface area contributed by atoms with Crippen molar-refractivity contribution in [2.75, 3.05) is 44.3 Å². The van der Waals surface area contributed by atoms with Gasteiger partial charge in [-0.15, -0.1) is 0 Å². The van der Waals surface area contributed by atoms with Crippen molar-refractivity contribution in [1.82, 2.24) is 9.88 Å². The molecule has 1 amide bonds. The molecular weight excluding hydrogens is 578 g/mol. The molecule has 0 radical (unpaired) electrons. The number of anilines is 1. The molecule has 9 nitrogen and oxygen atoms in total. The molecule has 0 saturated carbocycles. The number of nitrogens with one attached hydrogen (secondary N) is 1. The van der Waals surface area contributed by atoms with Gasteiger partial charge in [-0.25, -0.2) is 4.79 Å². The number of pyridine rings is 1. The number of amides is 1. The number of hydrogen-bond acceptors (Lipinski definition) is 7. The Labute approximate surface area is 273 Å². The first kappa shape index (κ1) is 33.9. The molecule has 0 spiro atoms. The van der Waals surface area contributed by atoms with Crippen LogP contribution in [0.3, 0.4) is 0 Å². The smallest absolute Gasteiger partial charge is 0.392 e. The zero-order valence-electron chi connectivity index (χ0n) is 28.3. The largest absolute Gasteiger partial charge is 0.419 e. The van der Waals surface area contributed by atoms with Crippen LogP contribution in [0.4, 0.5) is 5.69 Å². The molecule has 2 unspecified atom stereocenters. The van der Waals surface area contributed by atoms with E-state index in [0.29, 0.717) is 23.7 Å². The number of aromatic amines is 1. The van der Waals surface area contributed by atoms with E-state index < -0.39 is 0 Å². The van der Waals surface area contributed by atoms with Crippen LogP contribution in [0, 0.1) is 13.8 Å². The number of benzene rings is 1. The molecule has 4 heterocycles. The number of H-pyrrole nitrogens is 1. The third-order valence-electron chi connectivity index (χ3n) is 9.80. The van der Waals surface area contributed by atoms with Crippen LogP contribution in [-0.4, -0.2) is 89.9 Å². The molecule has 0 bridgehead atoms. The first-order valence-corrected chi connectivity index (χ1v) is 17.0. The number of nitrogens with zero attached hydrogens (tertiary/aromatic N) is 4. The number of ether oxygens (including phenoxy) is 1. The van der Waals surface area contributed by atoms with Crippen molar-refractivity contribution in [2.24, 2.45) is 4.99 Å². The van der Waals surface area contributed by atoms with Crippen molar-refractivity contribution in [3.8, 4) is 0 Å². The fourth-order valence-electron chi connectivity index (χ4n) is 7.22. The Bertz CT molecular complexity index is 1550. The van der Waals surface area contributed by atoms with Crippen LogP contribution in [0.1, 0.15) is 103 Å². The number of β-amino-alcohol motifs (C(OH)–C–C–N with tert-alkyl or cyclic N) is 1. The molecule has 1 aromatic carbocycles. The molecule has 248 valence electrons. The van der Waals surface area contributed by atoms with Gasteiger partial charge in [-0.1, -0.05) is 19.9 Å². The standard InChI is InChI=1S/C37H51N5O4/c1-7-42(30-12-15-46-16-13-30)35-19-28(27-10-11-29(38-20-27)21-41-14-8-9-31(43)22-41)18-33(26(35)5)37(45)40(6)23-34-32(24(2)3)17-25(4)39-36(34)44/h11,17-20,24,27,30-31,43H,6-10,12-16,21-23H2,1-5H3/p+1. The summed E-state index contributed by atoms with van der Waals surface area (Å²) in [5.41, 5.74) is 6.81. The monoisotopic (exact) mass is 630 g/mol. The van der Waals surface area contributed by atoms with Gasteiger partial charge in [0.2, 0.25) is 0 Å². The Morgan fingerprint density at radius 2 is 1.98 bits per heavy atom. The minimum Gasteiger partial charge on any atom is -0.392 e. The van der Waals surface area contributed by atoms with Gasteiger partial charge in [-0.05, 0) is 100 Å². The van der Waals surface area contributed by atoms with Crippen molar-refractivity contribution < 1.29 is 19.2 Å². The highest BCUT2D eigenvalue weighted by atomic mass is 16.5. The summed E-state index contributed by atoms with van der Waals surface area (Å²) in [6.45, 7) is 19.2. The van der Waals surface area contributed by atoms with Crippen molar-refractivity contribution in [1.29, 1.82) is 0 Å². The van der Waals surface area contributed by atoms with E-state index in [-0.39, 0.29) is 36.0 Å². The summed E-state index contributed by atoms with van der Waals surface area (Å²) in [6, 6.07) is 6.58. The minimum atomic E-state index is -0.261. The molecule has 2 saturated heterocycles. The highest BCUT2D eigenvalue weighted by Gasteiger charge is 2.30. The van der Waals surface area contributed by atoms with E-state index in [2.05, 4.69) is 54.4 Å². The van der Waals surface area contributed by atoms with E-state index in [1.807, 2.05) is 32.2 Å². The second-order valence-corrected chi connectivity index (χ2v) is 13.6. The molecule has 2 atom stereocenters. The van der Waals surface area contributed by atoms with Gasteiger partial charge in [-0.3, -0.25) is 14.7 Å². The number of piperidine rings is 1. The molecule has 2 fully saturated rings. The second kappa shape index (κ2) is 15.0. The number of aliphatic hydroxyl groups excluding tert-OH is 1. The maximum Gasteiger partial charge on any atom is 0.419 e.